The van der Waals surface area contributed by atoms with Crippen molar-refractivity contribution in [3.05, 3.63) is 35.7 Å². The maximum Gasteiger partial charge on any atom is 0.320 e. The predicted octanol–water partition coefficient (Wildman–Crippen LogP) is 3.98. The Morgan fingerprint density at radius 3 is 2.43 bits per heavy atom. The van der Waals surface area contributed by atoms with E-state index in [4.69, 9.17) is 9.47 Å². The highest BCUT2D eigenvalue weighted by Gasteiger charge is 2.18. The van der Waals surface area contributed by atoms with Gasteiger partial charge in [-0.15, -0.1) is 0 Å². The SMILES string of the molecule is CCCCCCCCCOC(O)C(O)COc1ncnc(-c2ccc(C)cc2C)n1. The highest BCUT2D eigenvalue weighted by atomic mass is 16.6. The lowest BCUT2D eigenvalue weighted by Gasteiger charge is -2.18. The second-order valence-corrected chi connectivity index (χ2v) is 7.67. The first-order valence-electron chi connectivity index (χ1n) is 10.9. The molecular formula is C23H35N3O4. The van der Waals surface area contributed by atoms with E-state index in [0.717, 1.165) is 29.5 Å². The Kier molecular flexibility index (Phi) is 10.7. The van der Waals surface area contributed by atoms with Crippen molar-refractivity contribution >= 4 is 0 Å². The van der Waals surface area contributed by atoms with Crippen LogP contribution in [-0.2, 0) is 4.74 Å². The third kappa shape index (κ3) is 8.34. The fourth-order valence-electron chi connectivity index (χ4n) is 3.16. The van der Waals surface area contributed by atoms with Crippen molar-refractivity contribution in [1.82, 2.24) is 15.0 Å². The molecule has 0 amide bonds. The number of aromatic nitrogens is 3. The van der Waals surface area contributed by atoms with Crippen LogP contribution in [0.25, 0.3) is 11.4 Å². The van der Waals surface area contributed by atoms with Crippen molar-refractivity contribution < 1.29 is 19.7 Å². The van der Waals surface area contributed by atoms with E-state index >= 15 is 0 Å². The zero-order chi connectivity index (χ0) is 21.8. The lowest BCUT2D eigenvalue weighted by atomic mass is 10.1. The van der Waals surface area contributed by atoms with E-state index in [-0.39, 0.29) is 12.6 Å². The first kappa shape index (κ1) is 24.2. The van der Waals surface area contributed by atoms with E-state index in [1.54, 1.807) is 0 Å². The van der Waals surface area contributed by atoms with Gasteiger partial charge in [0.05, 0.1) is 0 Å². The summed E-state index contributed by atoms with van der Waals surface area (Å²) in [6.07, 6.45) is 7.03. The number of benzene rings is 1. The van der Waals surface area contributed by atoms with Crippen molar-refractivity contribution in [2.45, 2.75) is 78.1 Å². The molecule has 2 N–H and O–H groups in total. The van der Waals surface area contributed by atoms with E-state index in [1.807, 2.05) is 26.0 Å². The van der Waals surface area contributed by atoms with Crippen LogP contribution in [0.5, 0.6) is 6.01 Å². The minimum absolute atomic E-state index is 0.0957. The first-order valence-corrected chi connectivity index (χ1v) is 10.9. The second-order valence-electron chi connectivity index (χ2n) is 7.67. The summed E-state index contributed by atoms with van der Waals surface area (Å²) >= 11 is 0. The van der Waals surface area contributed by atoms with Gasteiger partial charge in [0.1, 0.15) is 19.0 Å². The fraction of sp³-hybridized carbons (Fsp3) is 0.609. The first-order chi connectivity index (χ1) is 14.5. The standard InChI is InChI=1S/C23H35N3O4/c1-4-5-6-7-8-9-10-13-29-22(28)20(27)15-30-23-25-16-24-21(26-23)19-12-11-17(2)14-18(19)3/h11-12,14,16,20,22,27-28H,4-10,13,15H2,1-3H3. The Bertz CT molecular complexity index is 757. The van der Waals surface area contributed by atoms with Gasteiger partial charge in [-0.05, 0) is 25.8 Å². The summed E-state index contributed by atoms with van der Waals surface area (Å²) < 4.78 is 10.8. The van der Waals surface area contributed by atoms with Gasteiger partial charge in [-0.2, -0.15) is 9.97 Å². The number of aryl methyl sites for hydroxylation is 2. The monoisotopic (exact) mass is 417 g/mol. The molecule has 0 aliphatic carbocycles. The lowest BCUT2D eigenvalue weighted by molar-refractivity contribution is -0.169. The Labute approximate surface area is 179 Å². The number of hydrogen-bond donors (Lipinski definition) is 2. The van der Waals surface area contributed by atoms with E-state index in [9.17, 15) is 10.2 Å². The molecule has 2 atom stereocenters. The van der Waals surface area contributed by atoms with Crippen molar-refractivity contribution in [2.75, 3.05) is 13.2 Å². The molecule has 7 heteroatoms. The van der Waals surface area contributed by atoms with E-state index in [0.29, 0.717) is 12.4 Å². The molecule has 30 heavy (non-hydrogen) atoms. The van der Waals surface area contributed by atoms with Crippen molar-refractivity contribution in [3.63, 3.8) is 0 Å². The number of ether oxygens (including phenoxy) is 2. The third-order valence-electron chi connectivity index (χ3n) is 4.92. The van der Waals surface area contributed by atoms with Crippen LogP contribution in [-0.4, -0.2) is 50.8 Å². The molecule has 1 heterocycles. The molecule has 0 aliphatic heterocycles. The number of rotatable bonds is 14. The molecule has 0 saturated heterocycles. The minimum Gasteiger partial charge on any atom is -0.460 e. The van der Waals surface area contributed by atoms with Gasteiger partial charge in [0.15, 0.2) is 12.1 Å². The van der Waals surface area contributed by atoms with Gasteiger partial charge >= 0.3 is 6.01 Å². The highest BCUT2D eigenvalue weighted by molar-refractivity contribution is 5.60. The Hall–Kier alpha value is -2.09. The second kappa shape index (κ2) is 13.3. The fourth-order valence-corrected chi connectivity index (χ4v) is 3.16. The van der Waals surface area contributed by atoms with Gasteiger partial charge in [0.2, 0.25) is 0 Å². The molecule has 0 radical (unpaired) electrons. The number of aliphatic hydroxyl groups excluding tert-OH is 2. The smallest absolute Gasteiger partial charge is 0.320 e. The summed E-state index contributed by atoms with van der Waals surface area (Å²) in [6, 6.07) is 6.11. The van der Waals surface area contributed by atoms with Crippen LogP contribution in [0.15, 0.2) is 24.5 Å². The largest absolute Gasteiger partial charge is 0.460 e. The molecule has 1 aromatic heterocycles. The Balaban J connectivity index is 1.73. The Morgan fingerprint density at radius 2 is 1.70 bits per heavy atom. The number of hydrogen-bond acceptors (Lipinski definition) is 7. The molecule has 0 spiro atoms. The number of unbranched alkanes of at least 4 members (excludes halogenated alkanes) is 6. The summed E-state index contributed by atoms with van der Waals surface area (Å²) in [5, 5.41) is 20.0. The maximum absolute atomic E-state index is 10.1. The average molecular weight is 418 g/mol. The van der Waals surface area contributed by atoms with Crippen molar-refractivity contribution in [2.24, 2.45) is 0 Å². The van der Waals surface area contributed by atoms with Crippen LogP contribution >= 0.6 is 0 Å². The van der Waals surface area contributed by atoms with Crippen molar-refractivity contribution in [1.29, 1.82) is 0 Å². The van der Waals surface area contributed by atoms with Gasteiger partial charge < -0.3 is 19.7 Å². The van der Waals surface area contributed by atoms with E-state index in [2.05, 4.69) is 27.9 Å². The lowest BCUT2D eigenvalue weighted by Crippen LogP contribution is -2.34. The summed E-state index contributed by atoms with van der Waals surface area (Å²) in [5.74, 6) is 0.503. The topological polar surface area (TPSA) is 97.6 Å². The van der Waals surface area contributed by atoms with Crippen LogP contribution < -0.4 is 4.74 Å². The molecule has 0 fully saturated rings. The maximum atomic E-state index is 10.1. The minimum atomic E-state index is -1.30. The number of aliphatic hydroxyl groups is 2. The summed E-state index contributed by atoms with van der Waals surface area (Å²) in [7, 11) is 0. The molecule has 0 aliphatic rings. The molecule has 2 unspecified atom stereocenters. The predicted molar refractivity (Wildman–Crippen MR) is 116 cm³/mol. The highest BCUT2D eigenvalue weighted by Crippen LogP contribution is 2.21. The Morgan fingerprint density at radius 1 is 0.967 bits per heavy atom. The zero-order valence-electron chi connectivity index (χ0n) is 18.4. The van der Waals surface area contributed by atoms with Crippen molar-refractivity contribution in [3.8, 4) is 17.4 Å². The van der Waals surface area contributed by atoms with Gasteiger partial charge in [-0.3, -0.25) is 0 Å². The molecule has 2 aromatic rings. The van der Waals surface area contributed by atoms with Gasteiger partial charge in [0, 0.05) is 12.2 Å². The zero-order valence-corrected chi connectivity index (χ0v) is 18.4. The molecule has 1 aromatic carbocycles. The van der Waals surface area contributed by atoms with E-state index < -0.39 is 12.4 Å². The van der Waals surface area contributed by atoms with Crippen LogP contribution in [0.3, 0.4) is 0 Å². The molecule has 166 valence electrons. The molecule has 0 bridgehead atoms. The third-order valence-corrected chi connectivity index (χ3v) is 4.92. The van der Waals surface area contributed by atoms with Gasteiger partial charge in [0.25, 0.3) is 0 Å². The quantitative estimate of drug-likeness (QED) is 0.354. The van der Waals surface area contributed by atoms with Crippen LogP contribution in [0.2, 0.25) is 0 Å². The molecule has 7 nitrogen and oxygen atoms in total. The summed E-state index contributed by atoms with van der Waals surface area (Å²) in [4.78, 5) is 12.5. The molecular weight excluding hydrogens is 382 g/mol. The normalized spacial score (nSPS) is 13.2. The van der Waals surface area contributed by atoms with Crippen LogP contribution in [0.4, 0.5) is 0 Å². The number of nitrogens with zero attached hydrogens (tertiary/aromatic N) is 3. The molecule has 2 rings (SSSR count). The van der Waals surface area contributed by atoms with Crippen LogP contribution in [0, 0.1) is 13.8 Å². The van der Waals surface area contributed by atoms with Gasteiger partial charge in [-0.25, -0.2) is 4.98 Å². The van der Waals surface area contributed by atoms with Gasteiger partial charge in [-0.1, -0.05) is 69.2 Å². The summed E-state index contributed by atoms with van der Waals surface area (Å²) in [5.41, 5.74) is 3.11. The summed E-state index contributed by atoms with van der Waals surface area (Å²) in [6.45, 7) is 6.47. The van der Waals surface area contributed by atoms with E-state index in [1.165, 1.54) is 38.4 Å². The average Bonchev–Trinajstić information content (AvgIpc) is 2.74. The molecule has 0 saturated carbocycles. The van der Waals surface area contributed by atoms with Crippen LogP contribution in [0.1, 0.15) is 63.0 Å².